The Morgan fingerprint density at radius 3 is 2.80 bits per heavy atom. The number of hydrogen-bond donors (Lipinski definition) is 1. The summed E-state index contributed by atoms with van der Waals surface area (Å²) in [6, 6.07) is 6.30. The Morgan fingerprint density at radius 2 is 2.04 bits per heavy atom. The number of carbonyl (C=O) groups is 1. The maximum atomic E-state index is 13.0. The van der Waals surface area contributed by atoms with E-state index in [2.05, 4.69) is 39.0 Å². The molecule has 4 rings (SSSR count). The zero-order valence-corrected chi connectivity index (χ0v) is 15.7. The number of pyridine rings is 1. The number of rotatable bonds is 1. The van der Waals surface area contributed by atoms with Crippen LogP contribution in [0.5, 0.6) is 0 Å². The van der Waals surface area contributed by atoms with Crippen molar-refractivity contribution >= 4 is 44.1 Å². The van der Waals surface area contributed by atoms with Crippen molar-refractivity contribution in [1.29, 1.82) is 0 Å². The van der Waals surface area contributed by atoms with Crippen molar-refractivity contribution in [2.45, 2.75) is 33.6 Å². The number of nitrogen functional groups attached to an aromatic ring is 1. The fourth-order valence-corrected chi connectivity index (χ4v) is 4.78. The van der Waals surface area contributed by atoms with E-state index < -0.39 is 0 Å². The summed E-state index contributed by atoms with van der Waals surface area (Å²) in [6.45, 7) is 8.00. The number of nitrogens with two attached hydrogens (primary N) is 1. The summed E-state index contributed by atoms with van der Waals surface area (Å²) in [4.78, 5) is 21.3. The number of amides is 1. The van der Waals surface area contributed by atoms with Gasteiger partial charge in [0.05, 0.1) is 11.2 Å². The summed E-state index contributed by atoms with van der Waals surface area (Å²) >= 11 is 1.43. The SMILES string of the molecule is Cc1ccc(C)c2nc3sc(C(=O)N4CCCC(C)C4)c(N)c3cc12. The van der Waals surface area contributed by atoms with E-state index in [9.17, 15) is 4.79 Å². The summed E-state index contributed by atoms with van der Waals surface area (Å²) in [7, 11) is 0. The minimum atomic E-state index is 0.0598. The largest absolute Gasteiger partial charge is 0.397 e. The number of aryl methyl sites for hydroxylation is 2. The number of fused-ring (bicyclic) bond motifs is 2. The van der Waals surface area contributed by atoms with Gasteiger partial charge in [-0.05, 0) is 49.8 Å². The number of anilines is 1. The lowest BCUT2D eigenvalue weighted by Gasteiger charge is -2.30. The first-order valence-electron chi connectivity index (χ1n) is 8.84. The molecule has 3 aromatic rings. The second-order valence-corrected chi connectivity index (χ2v) is 8.28. The predicted molar refractivity (Wildman–Crippen MR) is 105 cm³/mol. The maximum Gasteiger partial charge on any atom is 0.266 e. The van der Waals surface area contributed by atoms with Crippen LogP contribution in [0.4, 0.5) is 5.69 Å². The van der Waals surface area contributed by atoms with Gasteiger partial charge in [0, 0.05) is 23.9 Å². The van der Waals surface area contributed by atoms with Crippen molar-refractivity contribution in [2.75, 3.05) is 18.8 Å². The third kappa shape index (κ3) is 2.67. The summed E-state index contributed by atoms with van der Waals surface area (Å²) in [5.74, 6) is 0.615. The molecule has 1 unspecified atom stereocenters. The molecule has 1 aromatic carbocycles. The average molecular weight is 353 g/mol. The Morgan fingerprint density at radius 1 is 1.28 bits per heavy atom. The molecule has 130 valence electrons. The molecule has 2 aromatic heterocycles. The highest BCUT2D eigenvalue weighted by atomic mass is 32.1. The molecule has 0 aliphatic carbocycles. The van der Waals surface area contributed by atoms with Gasteiger partial charge < -0.3 is 10.6 Å². The van der Waals surface area contributed by atoms with Gasteiger partial charge in [0.25, 0.3) is 5.91 Å². The Kier molecular flexibility index (Phi) is 3.91. The number of nitrogens with zero attached hydrogens (tertiary/aromatic N) is 2. The Hall–Kier alpha value is -2.14. The standard InChI is InChI=1S/C20H23N3OS/c1-11-5-4-8-23(10-11)20(24)18-16(21)15-9-14-12(2)6-7-13(3)17(14)22-19(15)25-18/h6-7,9,11H,4-5,8,10,21H2,1-3H3. The van der Waals surface area contributed by atoms with Crippen molar-refractivity contribution in [3.63, 3.8) is 0 Å². The van der Waals surface area contributed by atoms with Crippen LogP contribution in [0.25, 0.3) is 21.1 Å². The zero-order chi connectivity index (χ0) is 17.7. The van der Waals surface area contributed by atoms with Crippen LogP contribution in [-0.4, -0.2) is 28.9 Å². The first-order chi connectivity index (χ1) is 12.0. The van der Waals surface area contributed by atoms with Crippen LogP contribution in [0.3, 0.4) is 0 Å². The molecule has 0 radical (unpaired) electrons. The van der Waals surface area contributed by atoms with Gasteiger partial charge in [-0.2, -0.15) is 0 Å². The average Bonchev–Trinajstić information content (AvgIpc) is 2.93. The molecule has 0 spiro atoms. The molecular formula is C20H23N3OS. The highest BCUT2D eigenvalue weighted by Crippen LogP contribution is 2.37. The van der Waals surface area contributed by atoms with E-state index in [1.807, 2.05) is 4.90 Å². The van der Waals surface area contributed by atoms with E-state index in [0.717, 1.165) is 46.2 Å². The maximum absolute atomic E-state index is 13.0. The minimum absolute atomic E-state index is 0.0598. The van der Waals surface area contributed by atoms with E-state index in [-0.39, 0.29) is 5.91 Å². The monoisotopic (exact) mass is 353 g/mol. The van der Waals surface area contributed by atoms with E-state index in [1.165, 1.54) is 23.3 Å². The molecule has 2 N–H and O–H groups in total. The molecule has 1 saturated heterocycles. The van der Waals surface area contributed by atoms with Crippen molar-refractivity contribution in [3.8, 4) is 0 Å². The molecule has 0 bridgehead atoms. The van der Waals surface area contributed by atoms with Crippen LogP contribution < -0.4 is 5.73 Å². The van der Waals surface area contributed by atoms with Gasteiger partial charge in [0.2, 0.25) is 0 Å². The van der Waals surface area contributed by atoms with Gasteiger partial charge in [-0.1, -0.05) is 19.1 Å². The van der Waals surface area contributed by atoms with Crippen LogP contribution in [0.15, 0.2) is 18.2 Å². The smallest absolute Gasteiger partial charge is 0.266 e. The molecular weight excluding hydrogens is 330 g/mol. The molecule has 25 heavy (non-hydrogen) atoms. The number of likely N-dealkylation sites (tertiary alicyclic amines) is 1. The molecule has 1 aliphatic heterocycles. The second-order valence-electron chi connectivity index (χ2n) is 7.28. The minimum Gasteiger partial charge on any atom is -0.397 e. The van der Waals surface area contributed by atoms with Gasteiger partial charge in [-0.3, -0.25) is 4.79 Å². The van der Waals surface area contributed by atoms with Gasteiger partial charge >= 0.3 is 0 Å². The summed E-state index contributed by atoms with van der Waals surface area (Å²) in [5, 5.41) is 2.02. The van der Waals surface area contributed by atoms with E-state index in [0.29, 0.717) is 16.5 Å². The number of hydrogen-bond acceptors (Lipinski definition) is 4. The molecule has 5 heteroatoms. The van der Waals surface area contributed by atoms with Gasteiger partial charge in [-0.15, -0.1) is 11.3 Å². The summed E-state index contributed by atoms with van der Waals surface area (Å²) in [5.41, 5.74) is 10.3. The highest BCUT2D eigenvalue weighted by molar-refractivity contribution is 7.21. The molecule has 1 aliphatic rings. The zero-order valence-electron chi connectivity index (χ0n) is 14.9. The second kappa shape index (κ2) is 5.99. The van der Waals surface area contributed by atoms with Gasteiger partial charge in [-0.25, -0.2) is 4.98 Å². The fraction of sp³-hybridized carbons (Fsp3) is 0.400. The Bertz CT molecular complexity index is 992. The Balaban J connectivity index is 1.84. The van der Waals surface area contributed by atoms with Crippen molar-refractivity contribution in [1.82, 2.24) is 9.88 Å². The van der Waals surface area contributed by atoms with Crippen molar-refractivity contribution in [3.05, 3.63) is 34.2 Å². The summed E-state index contributed by atoms with van der Waals surface area (Å²) < 4.78 is 0. The van der Waals surface area contributed by atoms with Crippen LogP contribution in [0.2, 0.25) is 0 Å². The number of aromatic nitrogens is 1. The highest BCUT2D eigenvalue weighted by Gasteiger charge is 2.26. The van der Waals surface area contributed by atoms with Crippen LogP contribution in [-0.2, 0) is 0 Å². The lowest BCUT2D eigenvalue weighted by Crippen LogP contribution is -2.38. The molecule has 1 amide bonds. The topological polar surface area (TPSA) is 59.2 Å². The lowest BCUT2D eigenvalue weighted by atomic mass is 10.00. The molecule has 4 nitrogen and oxygen atoms in total. The number of carbonyl (C=O) groups excluding carboxylic acids is 1. The normalized spacial score (nSPS) is 18.2. The van der Waals surface area contributed by atoms with Crippen LogP contribution >= 0.6 is 11.3 Å². The van der Waals surface area contributed by atoms with Crippen LogP contribution in [0, 0.1) is 19.8 Å². The van der Waals surface area contributed by atoms with Gasteiger partial charge in [0.15, 0.2) is 0 Å². The number of benzene rings is 1. The lowest BCUT2D eigenvalue weighted by molar-refractivity contribution is 0.0689. The number of thiophene rings is 1. The first kappa shape index (κ1) is 16.3. The molecule has 0 saturated carbocycles. The fourth-order valence-electron chi connectivity index (χ4n) is 3.74. The van der Waals surface area contributed by atoms with E-state index in [1.54, 1.807) is 0 Å². The van der Waals surface area contributed by atoms with Crippen molar-refractivity contribution in [2.24, 2.45) is 5.92 Å². The Labute approximate surface area is 151 Å². The van der Waals surface area contributed by atoms with Gasteiger partial charge in [0.1, 0.15) is 9.71 Å². The predicted octanol–water partition coefficient (Wildman–Crippen LogP) is 4.52. The van der Waals surface area contributed by atoms with Crippen molar-refractivity contribution < 1.29 is 4.79 Å². The quantitative estimate of drug-likeness (QED) is 0.700. The van der Waals surface area contributed by atoms with E-state index >= 15 is 0 Å². The molecule has 1 fully saturated rings. The first-order valence-corrected chi connectivity index (χ1v) is 9.65. The third-order valence-corrected chi connectivity index (χ3v) is 6.34. The van der Waals surface area contributed by atoms with E-state index in [4.69, 9.17) is 10.7 Å². The molecule has 1 atom stereocenters. The van der Waals surface area contributed by atoms with Crippen LogP contribution in [0.1, 0.15) is 40.6 Å². The molecule has 3 heterocycles. The third-order valence-electron chi connectivity index (χ3n) is 5.24. The summed E-state index contributed by atoms with van der Waals surface area (Å²) in [6.07, 6.45) is 2.26. The number of piperidine rings is 1.